The maximum absolute atomic E-state index is 11.6. The number of nitrogens with zero attached hydrogens (tertiary/aromatic N) is 1. The third-order valence-electron chi connectivity index (χ3n) is 7.09. The van der Waals surface area contributed by atoms with Crippen LogP contribution in [0.3, 0.4) is 0 Å². The van der Waals surface area contributed by atoms with Gasteiger partial charge < -0.3 is 10.2 Å². The lowest BCUT2D eigenvalue weighted by molar-refractivity contribution is -0.140. The van der Waals surface area contributed by atoms with Crippen molar-refractivity contribution in [3.8, 4) is 22.4 Å². The number of aliphatic carboxylic acids is 1. The molecule has 1 unspecified atom stereocenters. The van der Waals surface area contributed by atoms with E-state index >= 15 is 0 Å². The molecule has 1 heterocycles. The van der Waals surface area contributed by atoms with Gasteiger partial charge >= 0.3 is 5.97 Å². The highest BCUT2D eigenvalue weighted by Gasteiger charge is 2.51. The van der Waals surface area contributed by atoms with Crippen LogP contribution in [0.15, 0.2) is 97.2 Å². The average Bonchev–Trinajstić information content (AvgIpc) is 3.72. The molecule has 1 aliphatic carbocycles. The van der Waals surface area contributed by atoms with Crippen LogP contribution in [-0.4, -0.2) is 21.2 Å². The number of aliphatic hydroxyl groups excluding tert-OH is 1. The number of rotatable bonds is 9. The van der Waals surface area contributed by atoms with Crippen LogP contribution in [0.2, 0.25) is 0 Å². The molecule has 0 amide bonds. The minimum atomic E-state index is -0.727. The van der Waals surface area contributed by atoms with Crippen LogP contribution < -0.4 is 0 Å². The summed E-state index contributed by atoms with van der Waals surface area (Å²) in [7, 11) is 0. The Morgan fingerprint density at radius 3 is 2.09 bits per heavy atom. The molecule has 5 rings (SSSR count). The number of benzene rings is 3. The Labute approximate surface area is 205 Å². The molecule has 1 atom stereocenters. The number of carboxylic acids is 1. The first-order valence-corrected chi connectivity index (χ1v) is 12.2. The first-order valence-electron chi connectivity index (χ1n) is 12.2. The molecule has 1 saturated carbocycles. The van der Waals surface area contributed by atoms with Crippen LogP contribution in [0.1, 0.15) is 48.5 Å². The highest BCUT2D eigenvalue weighted by Crippen LogP contribution is 2.48. The van der Waals surface area contributed by atoms with Gasteiger partial charge in [-0.25, -0.2) is 0 Å². The summed E-state index contributed by atoms with van der Waals surface area (Å²) in [6, 6.07) is 30.2. The monoisotopic (exact) mass is 463 g/mol. The molecule has 0 radical (unpaired) electrons. The Hall–Kier alpha value is -3.76. The largest absolute Gasteiger partial charge is 0.481 e. The summed E-state index contributed by atoms with van der Waals surface area (Å²) in [5, 5.41) is 20.0. The van der Waals surface area contributed by atoms with Gasteiger partial charge in [-0.05, 0) is 66.0 Å². The number of aromatic nitrogens is 1. The van der Waals surface area contributed by atoms with E-state index in [1.54, 1.807) is 0 Å². The van der Waals surface area contributed by atoms with E-state index in [4.69, 9.17) is 0 Å². The molecule has 4 heteroatoms. The molecule has 1 aliphatic rings. The Kier molecular flexibility index (Phi) is 6.47. The summed E-state index contributed by atoms with van der Waals surface area (Å²) in [6.07, 6.45) is 5.23. The van der Waals surface area contributed by atoms with Gasteiger partial charge in [0.05, 0.1) is 17.2 Å². The van der Waals surface area contributed by atoms with Gasteiger partial charge in [-0.3, -0.25) is 9.78 Å². The molecule has 3 aromatic carbocycles. The number of carbonyl (C=O) groups is 1. The zero-order chi connectivity index (χ0) is 24.3. The lowest BCUT2D eigenvalue weighted by Gasteiger charge is -2.13. The molecule has 2 N–H and O–H groups in total. The SMILES string of the molecule is O=C(O)C1(c2ccc(-c3ccc(-c4ncccc4CCCC(O)c4ccccc4)cc3)cc2)CC1. The van der Waals surface area contributed by atoms with Gasteiger partial charge in [0.1, 0.15) is 0 Å². The van der Waals surface area contributed by atoms with E-state index in [1.165, 1.54) is 5.56 Å². The molecule has 176 valence electrons. The first-order chi connectivity index (χ1) is 17.1. The Balaban J connectivity index is 1.27. The molecule has 1 fully saturated rings. The number of hydrogen-bond donors (Lipinski definition) is 2. The Morgan fingerprint density at radius 1 is 0.829 bits per heavy atom. The van der Waals surface area contributed by atoms with Crippen LogP contribution in [0, 0.1) is 0 Å². The Bertz CT molecular complexity index is 1290. The van der Waals surface area contributed by atoms with Crippen molar-refractivity contribution in [2.24, 2.45) is 0 Å². The predicted molar refractivity (Wildman–Crippen MR) is 138 cm³/mol. The standard InChI is InChI=1S/C31H29NO3/c33-28(24-6-2-1-3-7-24)10-4-8-25-9-5-21-32-29(25)26-13-11-22(12-14-26)23-15-17-27(18-16-23)31(19-20-31)30(34)35/h1-3,5-7,9,11-18,21,28,33H,4,8,10,19-20H2,(H,34,35). The second-order valence-corrected chi connectivity index (χ2v) is 9.37. The summed E-state index contributed by atoms with van der Waals surface area (Å²) in [5.74, 6) is -0.727. The highest BCUT2D eigenvalue weighted by molar-refractivity contribution is 5.85. The summed E-state index contributed by atoms with van der Waals surface area (Å²) in [6.45, 7) is 0. The second kappa shape index (κ2) is 9.85. The van der Waals surface area contributed by atoms with Gasteiger partial charge in [-0.1, -0.05) is 84.9 Å². The molecule has 4 nitrogen and oxygen atoms in total. The Morgan fingerprint density at radius 2 is 1.46 bits per heavy atom. The van der Waals surface area contributed by atoms with E-state index in [1.807, 2.05) is 66.9 Å². The molecule has 35 heavy (non-hydrogen) atoms. The first kappa shape index (κ1) is 23.0. The van der Waals surface area contributed by atoms with E-state index in [2.05, 4.69) is 35.3 Å². The fourth-order valence-corrected chi connectivity index (χ4v) is 4.78. The van der Waals surface area contributed by atoms with Crippen LogP contribution >= 0.6 is 0 Å². The third kappa shape index (κ3) is 4.89. The fraction of sp³-hybridized carbons (Fsp3) is 0.226. The summed E-state index contributed by atoms with van der Waals surface area (Å²) < 4.78 is 0. The average molecular weight is 464 g/mol. The molecule has 4 aromatic rings. The lowest BCUT2D eigenvalue weighted by atomic mass is 9.93. The van der Waals surface area contributed by atoms with Crippen molar-refractivity contribution in [3.05, 3.63) is 114 Å². The van der Waals surface area contributed by atoms with E-state index in [0.29, 0.717) is 19.3 Å². The van der Waals surface area contributed by atoms with Gasteiger partial charge in [-0.15, -0.1) is 0 Å². The molecular formula is C31H29NO3. The number of aryl methyl sites for hydroxylation is 1. The third-order valence-corrected chi connectivity index (χ3v) is 7.09. The summed E-state index contributed by atoms with van der Waals surface area (Å²) >= 11 is 0. The van der Waals surface area contributed by atoms with Gasteiger partial charge in [0, 0.05) is 11.8 Å². The quantitative estimate of drug-likeness (QED) is 0.294. The molecule has 0 spiro atoms. The smallest absolute Gasteiger partial charge is 0.314 e. The van der Waals surface area contributed by atoms with Crippen LogP contribution in [-0.2, 0) is 16.6 Å². The maximum Gasteiger partial charge on any atom is 0.314 e. The van der Waals surface area contributed by atoms with Gasteiger partial charge in [0.2, 0.25) is 0 Å². The van der Waals surface area contributed by atoms with Crippen molar-refractivity contribution in [3.63, 3.8) is 0 Å². The minimum Gasteiger partial charge on any atom is -0.481 e. The molecule has 0 bridgehead atoms. The number of pyridine rings is 1. The van der Waals surface area contributed by atoms with Gasteiger partial charge in [-0.2, -0.15) is 0 Å². The molecular weight excluding hydrogens is 434 g/mol. The summed E-state index contributed by atoms with van der Waals surface area (Å²) in [4.78, 5) is 16.2. The van der Waals surface area contributed by atoms with E-state index < -0.39 is 17.5 Å². The van der Waals surface area contributed by atoms with Crippen molar-refractivity contribution >= 4 is 5.97 Å². The fourth-order valence-electron chi connectivity index (χ4n) is 4.78. The lowest BCUT2D eigenvalue weighted by Crippen LogP contribution is -2.19. The van der Waals surface area contributed by atoms with Crippen LogP contribution in [0.25, 0.3) is 22.4 Å². The predicted octanol–water partition coefficient (Wildman–Crippen LogP) is 6.59. The van der Waals surface area contributed by atoms with Crippen molar-refractivity contribution in [2.45, 2.75) is 43.6 Å². The minimum absolute atomic E-state index is 0.452. The van der Waals surface area contributed by atoms with Gasteiger partial charge in [0.15, 0.2) is 0 Å². The van der Waals surface area contributed by atoms with Crippen molar-refractivity contribution in [1.29, 1.82) is 0 Å². The van der Waals surface area contributed by atoms with Crippen LogP contribution in [0.4, 0.5) is 0 Å². The zero-order valence-electron chi connectivity index (χ0n) is 19.6. The summed E-state index contributed by atoms with van der Waals surface area (Å²) in [5.41, 5.74) is 6.54. The van der Waals surface area contributed by atoms with Gasteiger partial charge in [0.25, 0.3) is 0 Å². The molecule has 0 saturated heterocycles. The molecule has 1 aromatic heterocycles. The van der Waals surface area contributed by atoms with Crippen molar-refractivity contribution in [2.75, 3.05) is 0 Å². The number of aliphatic hydroxyl groups is 1. The number of hydrogen-bond acceptors (Lipinski definition) is 3. The van der Waals surface area contributed by atoms with E-state index in [9.17, 15) is 15.0 Å². The van der Waals surface area contributed by atoms with Crippen molar-refractivity contribution < 1.29 is 15.0 Å². The highest BCUT2D eigenvalue weighted by atomic mass is 16.4. The van der Waals surface area contributed by atoms with Crippen molar-refractivity contribution in [1.82, 2.24) is 4.98 Å². The molecule has 0 aliphatic heterocycles. The zero-order valence-corrected chi connectivity index (χ0v) is 19.6. The van der Waals surface area contributed by atoms with Crippen LogP contribution in [0.5, 0.6) is 0 Å². The number of carboxylic acid groups (broad SMARTS) is 1. The topological polar surface area (TPSA) is 70.4 Å². The second-order valence-electron chi connectivity index (χ2n) is 9.37. The van der Waals surface area contributed by atoms with E-state index in [-0.39, 0.29) is 0 Å². The maximum atomic E-state index is 11.6. The van der Waals surface area contributed by atoms with E-state index in [0.717, 1.165) is 46.4 Å². The normalized spacial score (nSPS) is 14.9.